The number of carbonyl (C=O) groups is 2. The van der Waals surface area contributed by atoms with Crippen LogP contribution < -0.4 is 10.2 Å². The number of nitrogens with one attached hydrogen (secondary N) is 1. The molecule has 26 heavy (non-hydrogen) atoms. The van der Waals surface area contributed by atoms with Crippen molar-refractivity contribution in [3.05, 3.63) is 59.7 Å². The monoisotopic (exact) mass is 349 g/mol. The van der Waals surface area contributed by atoms with E-state index in [0.29, 0.717) is 17.8 Å². The fraction of sp³-hybridized carbons (Fsp3) is 0.286. The van der Waals surface area contributed by atoms with Gasteiger partial charge in [0.2, 0.25) is 11.8 Å². The number of amides is 2. The lowest BCUT2D eigenvalue weighted by atomic mass is 9.89. The largest absolute Gasteiger partial charge is 0.324 e. The summed E-state index contributed by atoms with van der Waals surface area (Å²) in [7, 11) is 0. The normalized spacial score (nSPS) is 10.7. The molecule has 0 aliphatic heterocycles. The third-order valence-corrected chi connectivity index (χ3v) is 4.27. The van der Waals surface area contributed by atoms with Gasteiger partial charge in [-0.15, -0.1) is 0 Å². The second kappa shape index (κ2) is 7.83. The molecule has 5 heteroatoms. The lowest BCUT2D eigenvalue weighted by Gasteiger charge is -2.30. The maximum atomic E-state index is 13.1. The third-order valence-electron chi connectivity index (χ3n) is 4.27. The second-order valence-electron chi connectivity index (χ2n) is 6.62. The van der Waals surface area contributed by atoms with Crippen LogP contribution in [0.4, 0.5) is 11.4 Å². The summed E-state index contributed by atoms with van der Waals surface area (Å²) in [5.41, 5.74) is 1.27. The number of benzene rings is 2. The van der Waals surface area contributed by atoms with Crippen LogP contribution in [0.3, 0.4) is 0 Å². The van der Waals surface area contributed by atoms with E-state index >= 15 is 0 Å². The summed E-state index contributed by atoms with van der Waals surface area (Å²) in [6.45, 7) is 7.47. The first-order valence-electron chi connectivity index (χ1n) is 8.50. The highest BCUT2D eigenvalue weighted by atomic mass is 16.2. The number of rotatable bonds is 5. The third kappa shape index (κ3) is 3.92. The average molecular weight is 349 g/mol. The zero-order valence-corrected chi connectivity index (χ0v) is 15.5. The molecule has 2 aromatic carbocycles. The van der Waals surface area contributed by atoms with Crippen molar-refractivity contribution in [2.45, 2.75) is 27.7 Å². The zero-order valence-electron chi connectivity index (χ0n) is 15.5. The topological polar surface area (TPSA) is 73.2 Å². The molecule has 0 radical (unpaired) electrons. The van der Waals surface area contributed by atoms with E-state index in [1.165, 1.54) is 0 Å². The van der Waals surface area contributed by atoms with Crippen LogP contribution in [0.1, 0.15) is 31.9 Å². The van der Waals surface area contributed by atoms with Gasteiger partial charge in [0, 0.05) is 12.2 Å². The van der Waals surface area contributed by atoms with Gasteiger partial charge in [0.15, 0.2) is 0 Å². The Labute approximate surface area is 154 Å². The Morgan fingerprint density at radius 2 is 1.85 bits per heavy atom. The Balaban J connectivity index is 2.28. The van der Waals surface area contributed by atoms with Crippen LogP contribution in [0.2, 0.25) is 0 Å². The van der Waals surface area contributed by atoms with Crippen LogP contribution in [0.25, 0.3) is 0 Å². The molecule has 2 rings (SSSR count). The number of anilines is 2. The Hall–Kier alpha value is -3.13. The summed E-state index contributed by atoms with van der Waals surface area (Å²) >= 11 is 0. The maximum Gasteiger partial charge on any atom is 0.242 e. The number of hydrogen-bond acceptors (Lipinski definition) is 3. The van der Waals surface area contributed by atoms with E-state index in [9.17, 15) is 9.59 Å². The van der Waals surface area contributed by atoms with E-state index in [2.05, 4.69) is 5.32 Å². The van der Waals surface area contributed by atoms with E-state index in [0.717, 1.165) is 11.3 Å². The van der Waals surface area contributed by atoms with Gasteiger partial charge in [-0.2, -0.15) is 5.26 Å². The average Bonchev–Trinajstić information content (AvgIpc) is 2.62. The van der Waals surface area contributed by atoms with Crippen LogP contribution in [0.5, 0.6) is 0 Å². The highest BCUT2D eigenvalue weighted by molar-refractivity contribution is 6.15. The molecule has 0 heterocycles. The van der Waals surface area contributed by atoms with Crippen LogP contribution >= 0.6 is 0 Å². The van der Waals surface area contributed by atoms with Crippen molar-refractivity contribution >= 4 is 23.2 Å². The fourth-order valence-electron chi connectivity index (χ4n) is 2.64. The Morgan fingerprint density at radius 1 is 1.15 bits per heavy atom. The second-order valence-corrected chi connectivity index (χ2v) is 6.62. The van der Waals surface area contributed by atoms with Crippen molar-refractivity contribution in [1.82, 2.24) is 0 Å². The molecule has 2 aromatic rings. The molecule has 134 valence electrons. The molecule has 0 bridgehead atoms. The molecule has 0 saturated carbocycles. The maximum absolute atomic E-state index is 13.1. The number of aryl methyl sites for hydroxylation is 1. The SMILES string of the molecule is CCN(C(=O)C(C)(C)C(=O)Nc1ccccc1C#N)c1cccc(C)c1. The molecule has 0 aliphatic rings. The van der Waals surface area contributed by atoms with Gasteiger partial charge in [0.1, 0.15) is 11.5 Å². The van der Waals surface area contributed by atoms with Crippen molar-refractivity contribution in [2.75, 3.05) is 16.8 Å². The zero-order chi connectivity index (χ0) is 19.3. The first-order valence-corrected chi connectivity index (χ1v) is 8.50. The highest BCUT2D eigenvalue weighted by Crippen LogP contribution is 2.27. The Morgan fingerprint density at radius 3 is 2.46 bits per heavy atom. The van der Waals surface area contributed by atoms with E-state index < -0.39 is 11.3 Å². The van der Waals surface area contributed by atoms with Crippen molar-refractivity contribution in [2.24, 2.45) is 5.41 Å². The van der Waals surface area contributed by atoms with Gasteiger partial charge in [-0.1, -0.05) is 24.3 Å². The number of para-hydroxylation sites is 1. The summed E-state index contributed by atoms with van der Waals surface area (Å²) in [5.74, 6) is -0.742. The van der Waals surface area contributed by atoms with Crippen molar-refractivity contribution in [1.29, 1.82) is 5.26 Å². The molecule has 1 N–H and O–H groups in total. The molecule has 0 fully saturated rings. The summed E-state index contributed by atoms with van der Waals surface area (Å²) in [4.78, 5) is 27.5. The smallest absolute Gasteiger partial charge is 0.242 e. The Kier molecular flexibility index (Phi) is 5.78. The van der Waals surface area contributed by atoms with Gasteiger partial charge in [0.25, 0.3) is 0 Å². The summed E-state index contributed by atoms with van der Waals surface area (Å²) in [6, 6.07) is 16.4. The quantitative estimate of drug-likeness (QED) is 0.833. The molecule has 0 unspecified atom stereocenters. The lowest BCUT2D eigenvalue weighted by molar-refractivity contribution is -0.136. The first kappa shape index (κ1) is 19.2. The summed E-state index contributed by atoms with van der Waals surface area (Å²) < 4.78 is 0. The Bertz CT molecular complexity index is 866. The van der Waals surface area contributed by atoms with Crippen LogP contribution in [-0.2, 0) is 9.59 Å². The highest BCUT2D eigenvalue weighted by Gasteiger charge is 2.39. The molecular weight excluding hydrogens is 326 g/mol. The van der Waals surface area contributed by atoms with E-state index in [1.807, 2.05) is 44.2 Å². The van der Waals surface area contributed by atoms with Crippen molar-refractivity contribution < 1.29 is 9.59 Å². The van der Waals surface area contributed by atoms with Gasteiger partial charge in [-0.3, -0.25) is 9.59 Å². The minimum absolute atomic E-state index is 0.294. The number of hydrogen-bond donors (Lipinski definition) is 1. The molecule has 0 aromatic heterocycles. The standard InChI is InChI=1S/C21H23N3O2/c1-5-24(17-11-8-9-15(2)13-17)20(26)21(3,4)19(25)23-18-12-7-6-10-16(18)14-22/h6-13H,5H2,1-4H3,(H,23,25). The van der Waals surface area contributed by atoms with Gasteiger partial charge in [-0.25, -0.2) is 0 Å². The molecule has 0 aliphatic carbocycles. The predicted molar refractivity (Wildman–Crippen MR) is 103 cm³/mol. The number of nitrogens with zero attached hydrogens (tertiary/aromatic N) is 2. The van der Waals surface area contributed by atoms with Gasteiger partial charge < -0.3 is 10.2 Å². The molecular formula is C21H23N3O2. The summed E-state index contributed by atoms with van der Waals surface area (Å²) in [6.07, 6.45) is 0. The van der Waals surface area contributed by atoms with Crippen LogP contribution in [0.15, 0.2) is 48.5 Å². The van der Waals surface area contributed by atoms with E-state index in [-0.39, 0.29) is 5.91 Å². The van der Waals surface area contributed by atoms with Gasteiger partial charge in [0.05, 0.1) is 11.3 Å². The van der Waals surface area contributed by atoms with Crippen LogP contribution in [-0.4, -0.2) is 18.4 Å². The minimum atomic E-state index is -1.29. The predicted octanol–water partition coefficient (Wildman–Crippen LogP) is 3.88. The van der Waals surface area contributed by atoms with Gasteiger partial charge >= 0.3 is 0 Å². The molecule has 5 nitrogen and oxygen atoms in total. The number of nitriles is 1. The van der Waals surface area contributed by atoms with Gasteiger partial charge in [-0.05, 0) is 57.5 Å². The first-order chi connectivity index (χ1) is 12.3. The molecule has 0 spiro atoms. The van der Waals surface area contributed by atoms with Crippen molar-refractivity contribution in [3.8, 4) is 6.07 Å². The van der Waals surface area contributed by atoms with Crippen LogP contribution in [0, 0.1) is 23.7 Å². The molecule has 0 saturated heterocycles. The fourth-order valence-corrected chi connectivity index (χ4v) is 2.64. The van der Waals surface area contributed by atoms with E-state index in [4.69, 9.17) is 5.26 Å². The number of carbonyl (C=O) groups excluding carboxylic acids is 2. The molecule has 2 amide bonds. The summed E-state index contributed by atoms with van der Waals surface area (Å²) in [5, 5.41) is 11.9. The lowest BCUT2D eigenvalue weighted by Crippen LogP contribution is -2.47. The van der Waals surface area contributed by atoms with E-state index in [1.54, 1.807) is 43.0 Å². The van der Waals surface area contributed by atoms with Crippen molar-refractivity contribution in [3.63, 3.8) is 0 Å². The minimum Gasteiger partial charge on any atom is -0.324 e. The molecule has 0 atom stereocenters.